The van der Waals surface area contributed by atoms with Crippen LogP contribution in [0.2, 0.25) is 0 Å². The zero-order chi connectivity index (χ0) is 11.7. The van der Waals surface area contributed by atoms with Gasteiger partial charge in [0.2, 0.25) is 5.91 Å². The van der Waals surface area contributed by atoms with Gasteiger partial charge in [-0.1, -0.05) is 13.8 Å². The molecule has 4 heteroatoms. The molecule has 0 radical (unpaired) electrons. The lowest BCUT2D eigenvalue weighted by atomic mass is 9.86. The Hall–Kier alpha value is -1.06. The van der Waals surface area contributed by atoms with Crippen LogP contribution in [-0.4, -0.2) is 29.4 Å². The van der Waals surface area contributed by atoms with Crippen LogP contribution in [0.3, 0.4) is 0 Å². The largest absolute Gasteiger partial charge is 0.324 e. The first-order valence-electron chi connectivity index (χ1n) is 6.19. The van der Waals surface area contributed by atoms with Gasteiger partial charge < -0.3 is 4.90 Å². The molecule has 0 bridgehead atoms. The highest BCUT2D eigenvalue weighted by Gasteiger charge is 2.34. The Kier molecular flexibility index (Phi) is 3.17. The summed E-state index contributed by atoms with van der Waals surface area (Å²) < 4.78 is 0. The minimum Gasteiger partial charge on any atom is -0.321 e. The number of rotatable bonds is 1. The van der Waals surface area contributed by atoms with Gasteiger partial charge in [0, 0.05) is 12.6 Å². The van der Waals surface area contributed by atoms with Crippen molar-refractivity contribution >= 4 is 11.9 Å². The van der Waals surface area contributed by atoms with E-state index in [1.807, 2.05) is 11.8 Å². The van der Waals surface area contributed by atoms with E-state index in [4.69, 9.17) is 0 Å². The van der Waals surface area contributed by atoms with Gasteiger partial charge in [-0.2, -0.15) is 0 Å². The SMILES string of the molecule is CC1CCC(N2CC(C)C(=O)NC2=O)CC1. The Morgan fingerprint density at radius 2 is 1.75 bits per heavy atom. The van der Waals surface area contributed by atoms with Crippen LogP contribution >= 0.6 is 0 Å². The molecule has 0 aromatic carbocycles. The van der Waals surface area contributed by atoms with Crippen LogP contribution < -0.4 is 5.32 Å². The third-order valence-corrected chi connectivity index (χ3v) is 3.84. The van der Waals surface area contributed by atoms with E-state index >= 15 is 0 Å². The van der Waals surface area contributed by atoms with Crippen molar-refractivity contribution in [3.63, 3.8) is 0 Å². The van der Waals surface area contributed by atoms with Crippen molar-refractivity contribution in [1.29, 1.82) is 0 Å². The zero-order valence-corrected chi connectivity index (χ0v) is 10.0. The fourth-order valence-electron chi connectivity index (χ4n) is 2.63. The quantitative estimate of drug-likeness (QED) is 0.737. The molecule has 1 aliphatic carbocycles. The first kappa shape index (κ1) is 11.4. The number of carbonyl (C=O) groups excluding carboxylic acids is 2. The molecule has 1 atom stereocenters. The summed E-state index contributed by atoms with van der Waals surface area (Å²) in [6.45, 7) is 4.72. The molecule has 2 aliphatic rings. The summed E-state index contributed by atoms with van der Waals surface area (Å²) in [5.41, 5.74) is 0. The van der Waals surface area contributed by atoms with Crippen LogP contribution in [0.1, 0.15) is 39.5 Å². The van der Waals surface area contributed by atoms with E-state index in [1.54, 1.807) is 0 Å². The lowest BCUT2D eigenvalue weighted by Crippen LogP contribution is -2.57. The van der Waals surface area contributed by atoms with E-state index in [1.165, 1.54) is 12.8 Å². The fourth-order valence-corrected chi connectivity index (χ4v) is 2.63. The molecule has 1 N–H and O–H groups in total. The molecular weight excluding hydrogens is 204 g/mol. The van der Waals surface area contributed by atoms with E-state index in [0.29, 0.717) is 12.6 Å². The van der Waals surface area contributed by atoms with Gasteiger partial charge in [0.25, 0.3) is 0 Å². The van der Waals surface area contributed by atoms with Gasteiger partial charge in [0.05, 0.1) is 5.92 Å². The molecule has 0 aromatic heterocycles. The Morgan fingerprint density at radius 1 is 1.12 bits per heavy atom. The third kappa shape index (κ3) is 2.20. The summed E-state index contributed by atoms with van der Waals surface area (Å²) in [6, 6.07) is 0.148. The van der Waals surface area contributed by atoms with Gasteiger partial charge in [-0.15, -0.1) is 0 Å². The molecule has 0 aromatic rings. The highest BCUT2D eigenvalue weighted by molar-refractivity contribution is 5.97. The summed E-state index contributed by atoms with van der Waals surface area (Å²) in [4.78, 5) is 24.9. The lowest BCUT2D eigenvalue weighted by Gasteiger charge is -2.39. The second-order valence-corrected chi connectivity index (χ2v) is 5.26. The molecule has 2 rings (SSSR count). The van der Waals surface area contributed by atoms with Crippen molar-refractivity contribution in [3.8, 4) is 0 Å². The summed E-state index contributed by atoms with van der Waals surface area (Å²) in [7, 11) is 0. The third-order valence-electron chi connectivity index (χ3n) is 3.84. The van der Waals surface area contributed by atoms with Crippen LogP contribution in [0.4, 0.5) is 4.79 Å². The fraction of sp³-hybridized carbons (Fsp3) is 0.833. The molecule has 0 spiro atoms. The van der Waals surface area contributed by atoms with Crippen molar-refractivity contribution in [2.24, 2.45) is 11.8 Å². The lowest BCUT2D eigenvalue weighted by molar-refractivity contribution is -0.125. The normalized spacial score (nSPS) is 36.1. The van der Waals surface area contributed by atoms with Gasteiger partial charge in [-0.3, -0.25) is 10.1 Å². The standard InChI is InChI=1S/C12H20N2O2/c1-8-3-5-10(6-4-8)14-7-9(2)11(15)13-12(14)16/h8-10H,3-7H2,1-2H3,(H,13,15,16). The van der Waals surface area contributed by atoms with E-state index in [0.717, 1.165) is 18.8 Å². The van der Waals surface area contributed by atoms with E-state index in [2.05, 4.69) is 12.2 Å². The monoisotopic (exact) mass is 224 g/mol. The summed E-state index contributed by atoms with van der Waals surface area (Å²) in [5, 5.41) is 2.44. The smallest absolute Gasteiger partial charge is 0.321 e. The van der Waals surface area contributed by atoms with Gasteiger partial charge in [0.15, 0.2) is 0 Å². The highest BCUT2D eigenvalue weighted by Crippen LogP contribution is 2.28. The molecular formula is C12H20N2O2. The zero-order valence-electron chi connectivity index (χ0n) is 10.0. The second-order valence-electron chi connectivity index (χ2n) is 5.26. The van der Waals surface area contributed by atoms with Crippen LogP contribution in [0.5, 0.6) is 0 Å². The first-order valence-corrected chi connectivity index (χ1v) is 6.19. The van der Waals surface area contributed by atoms with Crippen LogP contribution in [0, 0.1) is 11.8 Å². The van der Waals surface area contributed by atoms with Crippen molar-refractivity contribution in [3.05, 3.63) is 0 Å². The Bertz CT molecular complexity index is 295. The Balaban J connectivity index is 1.98. The summed E-state index contributed by atoms with van der Waals surface area (Å²) in [6.07, 6.45) is 4.54. The first-order chi connectivity index (χ1) is 7.58. The van der Waals surface area contributed by atoms with E-state index < -0.39 is 0 Å². The molecule has 2 fully saturated rings. The summed E-state index contributed by atoms with van der Waals surface area (Å²) >= 11 is 0. The number of hydrogen-bond acceptors (Lipinski definition) is 2. The maximum Gasteiger partial charge on any atom is 0.324 e. The van der Waals surface area contributed by atoms with E-state index in [9.17, 15) is 9.59 Å². The van der Waals surface area contributed by atoms with Crippen LogP contribution in [0.15, 0.2) is 0 Å². The number of urea groups is 1. The number of carbonyl (C=O) groups is 2. The predicted molar refractivity (Wildman–Crippen MR) is 60.8 cm³/mol. The summed E-state index contributed by atoms with van der Waals surface area (Å²) in [5.74, 6) is 0.575. The Labute approximate surface area is 96.4 Å². The van der Waals surface area contributed by atoms with Crippen molar-refractivity contribution in [2.75, 3.05) is 6.54 Å². The van der Waals surface area contributed by atoms with Crippen molar-refractivity contribution in [1.82, 2.24) is 10.2 Å². The Morgan fingerprint density at radius 3 is 2.38 bits per heavy atom. The van der Waals surface area contributed by atoms with Gasteiger partial charge >= 0.3 is 6.03 Å². The molecule has 3 amide bonds. The molecule has 90 valence electrons. The minimum atomic E-state index is -0.192. The van der Waals surface area contributed by atoms with Crippen molar-refractivity contribution < 1.29 is 9.59 Å². The maximum absolute atomic E-state index is 11.7. The molecule has 1 aliphatic heterocycles. The van der Waals surface area contributed by atoms with Gasteiger partial charge in [-0.25, -0.2) is 4.79 Å². The number of imide groups is 1. The molecule has 1 saturated heterocycles. The number of nitrogens with one attached hydrogen (secondary N) is 1. The highest BCUT2D eigenvalue weighted by atomic mass is 16.2. The molecule has 1 saturated carbocycles. The average Bonchev–Trinajstić information content (AvgIpc) is 2.25. The van der Waals surface area contributed by atoms with Crippen LogP contribution in [0.25, 0.3) is 0 Å². The van der Waals surface area contributed by atoms with Crippen molar-refractivity contribution in [2.45, 2.75) is 45.6 Å². The second kappa shape index (κ2) is 4.44. The van der Waals surface area contributed by atoms with Gasteiger partial charge in [0.1, 0.15) is 0 Å². The molecule has 16 heavy (non-hydrogen) atoms. The number of hydrogen-bond donors (Lipinski definition) is 1. The minimum absolute atomic E-state index is 0.0722. The predicted octanol–water partition coefficient (Wildman–Crippen LogP) is 1.75. The number of amides is 3. The molecule has 4 nitrogen and oxygen atoms in total. The van der Waals surface area contributed by atoms with E-state index in [-0.39, 0.29) is 17.9 Å². The van der Waals surface area contributed by atoms with Gasteiger partial charge in [-0.05, 0) is 31.6 Å². The van der Waals surface area contributed by atoms with Crippen LogP contribution in [-0.2, 0) is 4.79 Å². The maximum atomic E-state index is 11.7. The molecule has 1 heterocycles. The topological polar surface area (TPSA) is 49.4 Å². The molecule has 1 unspecified atom stereocenters. The number of nitrogens with zero attached hydrogens (tertiary/aromatic N) is 1. The average molecular weight is 224 g/mol.